The van der Waals surface area contributed by atoms with Crippen molar-refractivity contribution < 1.29 is 14.7 Å². The molecule has 1 aromatic carbocycles. The molecule has 2 amide bonds. The number of hydrogen-bond donors (Lipinski definition) is 2. The molecule has 1 aliphatic rings. The molecule has 0 bridgehead atoms. The number of carbonyl (C=O) groups is 2. The highest BCUT2D eigenvalue weighted by molar-refractivity contribution is 9.10. The number of amides is 2. The largest absolute Gasteiger partial charge is 0.481 e. The highest BCUT2D eigenvalue weighted by Crippen LogP contribution is 2.25. The van der Waals surface area contributed by atoms with Gasteiger partial charge >= 0.3 is 12.0 Å². The minimum Gasteiger partial charge on any atom is -0.481 e. The average Bonchev–Trinajstić information content (AvgIpc) is 2.83. The molecule has 0 aliphatic carbocycles. The number of carboxylic acid groups (broad SMARTS) is 1. The zero-order valence-corrected chi connectivity index (χ0v) is 12.9. The van der Waals surface area contributed by atoms with Crippen LogP contribution in [0, 0.1) is 23.2 Å². The maximum absolute atomic E-state index is 12.2. The highest BCUT2D eigenvalue weighted by atomic mass is 79.9. The Balaban J connectivity index is 2.10. The summed E-state index contributed by atoms with van der Waals surface area (Å²) in [6.45, 7) is 2.38. The van der Waals surface area contributed by atoms with Crippen LogP contribution in [0.5, 0.6) is 0 Å². The van der Waals surface area contributed by atoms with E-state index in [2.05, 4.69) is 21.2 Å². The molecular weight excluding hydrogens is 338 g/mol. The zero-order valence-electron chi connectivity index (χ0n) is 11.3. The molecule has 7 heteroatoms. The number of halogens is 1. The third-order valence-corrected chi connectivity index (χ3v) is 4.05. The first-order valence-corrected chi connectivity index (χ1v) is 7.20. The van der Waals surface area contributed by atoms with Crippen molar-refractivity contribution in [3.63, 3.8) is 0 Å². The molecule has 1 fully saturated rings. The molecule has 6 nitrogen and oxygen atoms in total. The summed E-state index contributed by atoms with van der Waals surface area (Å²) in [4.78, 5) is 24.7. The number of nitrogens with zero attached hydrogens (tertiary/aromatic N) is 2. The summed E-state index contributed by atoms with van der Waals surface area (Å²) in [5.41, 5.74) is 0.761. The molecule has 2 rings (SSSR count). The maximum atomic E-state index is 12.2. The third kappa shape index (κ3) is 3.34. The monoisotopic (exact) mass is 351 g/mol. The van der Waals surface area contributed by atoms with Crippen molar-refractivity contribution in [2.24, 2.45) is 11.8 Å². The number of nitriles is 1. The van der Waals surface area contributed by atoms with Gasteiger partial charge in [0.15, 0.2) is 0 Å². The normalized spacial score (nSPS) is 20.9. The van der Waals surface area contributed by atoms with Crippen LogP contribution in [0.2, 0.25) is 0 Å². The van der Waals surface area contributed by atoms with E-state index < -0.39 is 11.9 Å². The van der Waals surface area contributed by atoms with Crippen molar-refractivity contribution in [1.82, 2.24) is 4.90 Å². The Morgan fingerprint density at radius 3 is 2.76 bits per heavy atom. The van der Waals surface area contributed by atoms with Gasteiger partial charge in [0, 0.05) is 17.6 Å². The lowest BCUT2D eigenvalue weighted by molar-refractivity contribution is -0.142. The van der Waals surface area contributed by atoms with Crippen LogP contribution in [0.15, 0.2) is 22.7 Å². The van der Waals surface area contributed by atoms with Crippen LogP contribution in [0.1, 0.15) is 12.5 Å². The first-order chi connectivity index (χ1) is 9.92. The molecule has 0 aromatic heterocycles. The molecule has 0 saturated carbocycles. The third-order valence-electron chi connectivity index (χ3n) is 3.56. The van der Waals surface area contributed by atoms with Crippen LogP contribution in [0.3, 0.4) is 0 Å². The molecule has 1 aliphatic heterocycles. The summed E-state index contributed by atoms with van der Waals surface area (Å²) < 4.78 is 0.748. The fourth-order valence-corrected chi connectivity index (χ4v) is 2.73. The van der Waals surface area contributed by atoms with Crippen LogP contribution >= 0.6 is 15.9 Å². The van der Waals surface area contributed by atoms with E-state index in [4.69, 9.17) is 10.4 Å². The summed E-state index contributed by atoms with van der Waals surface area (Å²) in [5, 5.41) is 20.8. The molecular formula is C14H14BrN3O3. The summed E-state index contributed by atoms with van der Waals surface area (Å²) >= 11 is 3.26. The van der Waals surface area contributed by atoms with Crippen LogP contribution in [0.25, 0.3) is 0 Å². The van der Waals surface area contributed by atoms with E-state index in [0.29, 0.717) is 17.8 Å². The smallest absolute Gasteiger partial charge is 0.321 e. The lowest BCUT2D eigenvalue weighted by atomic mass is 9.99. The lowest BCUT2D eigenvalue weighted by Gasteiger charge is -2.17. The van der Waals surface area contributed by atoms with E-state index in [1.165, 1.54) is 4.90 Å². The molecule has 2 N–H and O–H groups in total. The first kappa shape index (κ1) is 15.3. The van der Waals surface area contributed by atoms with Gasteiger partial charge in [-0.05, 0) is 24.1 Å². The molecule has 0 spiro atoms. The highest BCUT2D eigenvalue weighted by Gasteiger charge is 2.37. The Bertz CT molecular complexity index is 626. The molecule has 2 unspecified atom stereocenters. The average molecular weight is 352 g/mol. The first-order valence-electron chi connectivity index (χ1n) is 6.40. The minimum atomic E-state index is -0.890. The van der Waals surface area contributed by atoms with Gasteiger partial charge in [0.2, 0.25) is 0 Å². The molecule has 1 heterocycles. The summed E-state index contributed by atoms with van der Waals surface area (Å²) in [6, 6.07) is 6.60. The number of likely N-dealkylation sites (tertiary alicyclic amines) is 1. The number of rotatable bonds is 2. The Morgan fingerprint density at radius 1 is 1.48 bits per heavy atom. The van der Waals surface area contributed by atoms with Gasteiger partial charge < -0.3 is 15.3 Å². The van der Waals surface area contributed by atoms with Crippen molar-refractivity contribution in [1.29, 1.82) is 5.26 Å². The van der Waals surface area contributed by atoms with E-state index in [1.807, 2.05) is 13.0 Å². The zero-order chi connectivity index (χ0) is 15.6. The number of carbonyl (C=O) groups excluding carboxylic acids is 1. The fourth-order valence-electron chi connectivity index (χ4n) is 2.37. The standard InChI is InChI=1S/C14H14BrN3O3/c1-8-6-18(7-11(8)13(19)20)14(21)17-12-3-2-10(15)4-9(12)5-16/h2-4,8,11H,6-7H2,1H3,(H,17,21)(H,19,20). The van der Waals surface area contributed by atoms with Gasteiger partial charge in [-0.15, -0.1) is 0 Å². The van der Waals surface area contributed by atoms with Crippen LogP contribution in [0.4, 0.5) is 10.5 Å². The topological polar surface area (TPSA) is 93.4 Å². The molecule has 1 saturated heterocycles. The van der Waals surface area contributed by atoms with Gasteiger partial charge in [0.05, 0.1) is 17.2 Å². The van der Waals surface area contributed by atoms with Gasteiger partial charge in [-0.1, -0.05) is 22.9 Å². The predicted octanol–water partition coefficient (Wildman–Crippen LogP) is 2.51. The Kier molecular flexibility index (Phi) is 4.48. The van der Waals surface area contributed by atoms with E-state index in [-0.39, 0.29) is 18.5 Å². The van der Waals surface area contributed by atoms with E-state index in [1.54, 1.807) is 18.2 Å². The van der Waals surface area contributed by atoms with Crippen molar-refractivity contribution >= 4 is 33.6 Å². The van der Waals surface area contributed by atoms with Gasteiger partial charge in [0.1, 0.15) is 6.07 Å². The minimum absolute atomic E-state index is 0.0893. The number of carboxylic acids is 1. The van der Waals surface area contributed by atoms with Gasteiger partial charge in [0.25, 0.3) is 0 Å². The Labute approximate surface area is 130 Å². The molecule has 1 aromatic rings. The van der Waals surface area contributed by atoms with Gasteiger partial charge in [-0.3, -0.25) is 4.79 Å². The van der Waals surface area contributed by atoms with Crippen molar-refractivity contribution in [2.45, 2.75) is 6.92 Å². The van der Waals surface area contributed by atoms with Gasteiger partial charge in [-0.2, -0.15) is 5.26 Å². The van der Waals surface area contributed by atoms with Crippen LogP contribution in [-0.4, -0.2) is 35.1 Å². The van der Waals surface area contributed by atoms with Gasteiger partial charge in [-0.25, -0.2) is 4.79 Å². The maximum Gasteiger partial charge on any atom is 0.321 e. The van der Waals surface area contributed by atoms with E-state index >= 15 is 0 Å². The second kappa shape index (κ2) is 6.14. The summed E-state index contributed by atoms with van der Waals surface area (Å²) in [6.07, 6.45) is 0. The summed E-state index contributed by atoms with van der Waals surface area (Å²) in [7, 11) is 0. The second-order valence-electron chi connectivity index (χ2n) is 5.06. The van der Waals surface area contributed by atoms with Crippen molar-refractivity contribution in [3.8, 4) is 6.07 Å². The number of aliphatic carboxylic acids is 1. The van der Waals surface area contributed by atoms with E-state index in [0.717, 1.165) is 4.47 Å². The number of hydrogen-bond acceptors (Lipinski definition) is 3. The lowest BCUT2D eigenvalue weighted by Crippen LogP contribution is -2.34. The SMILES string of the molecule is CC1CN(C(=O)Nc2ccc(Br)cc2C#N)CC1C(=O)O. The Hall–Kier alpha value is -2.07. The van der Waals surface area contributed by atoms with Crippen molar-refractivity contribution in [3.05, 3.63) is 28.2 Å². The number of benzene rings is 1. The molecule has 0 radical (unpaired) electrons. The number of nitrogens with one attached hydrogen (secondary N) is 1. The molecule has 21 heavy (non-hydrogen) atoms. The number of anilines is 1. The Morgan fingerprint density at radius 2 is 2.19 bits per heavy atom. The summed E-state index contributed by atoms with van der Waals surface area (Å²) in [5.74, 6) is -1.52. The van der Waals surface area contributed by atoms with E-state index in [9.17, 15) is 9.59 Å². The predicted molar refractivity (Wildman–Crippen MR) is 79.7 cm³/mol. The quantitative estimate of drug-likeness (QED) is 0.855. The van der Waals surface area contributed by atoms with Crippen molar-refractivity contribution in [2.75, 3.05) is 18.4 Å². The molecule has 110 valence electrons. The fraction of sp³-hybridized carbons (Fsp3) is 0.357. The van der Waals surface area contributed by atoms with Crippen LogP contribution < -0.4 is 5.32 Å². The number of urea groups is 1. The second-order valence-corrected chi connectivity index (χ2v) is 5.97. The van der Waals surface area contributed by atoms with Crippen LogP contribution in [-0.2, 0) is 4.79 Å². The molecule has 2 atom stereocenters.